The van der Waals surface area contributed by atoms with Gasteiger partial charge >= 0.3 is 6.03 Å². The van der Waals surface area contributed by atoms with Crippen LogP contribution in [0.4, 0.5) is 10.5 Å². The molecule has 1 aromatic heterocycles. The number of benzene rings is 1. The largest absolute Gasteiger partial charge is 0.328 e. The standard InChI is InChI=1S/C14H17N3O3/c1-4-15(5-2)14(18)16-10(3)8-11-9-12(17(19)20)6-7-13(11)16/h6-9H,4-5H2,1-3H3. The molecule has 0 spiro atoms. The molecule has 0 fully saturated rings. The van der Waals surface area contributed by atoms with E-state index in [-0.39, 0.29) is 11.7 Å². The maximum atomic E-state index is 12.5. The van der Waals surface area contributed by atoms with Gasteiger partial charge in [0.2, 0.25) is 0 Å². The summed E-state index contributed by atoms with van der Waals surface area (Å²) in [5.74, 6) is 0. The number of nitrogens with zero attached hydrogens (tertiary/aromatic N) is 3. The highest BCUT2D eigenvalue weighted by atomic mass is 16.6. The number of carbonyl (C=O) groups excluding carboxylic acids is 1. The number of amides is 1. The van der Waals surface area contributed by atoms with Crippen LogP contribution in [0.2, 0.25) is 0 Å². The molecule has 0 atom stereocenters. The van der Waals surface area contributed by atoms with Gasteiger partial charge in [0, 0.05) is 36.3 Å². The maximum Gasteiger partial charge on any atom is 0.328 e. The second-order valence-electron chi connectivity index (χ2n) is 4.58. The summed E-state index contributed by atoms with van der Waals surface area (Å²) in [6.07, 6.45) is 0. The molecule has 1 heterocycles. The molecule has 6 nitrogen and oxygen atoms in total. The van der Waals surface area contributed by atoms with Gasteiger partial charge in [-0.15, -0.1) is 0 Å². The molecule has 1 aromatic carbocycles. The Morgan fingerprint density at radius 1 is 1.30 bits per heavy atom. The first-order chi connectivity index (χ1) is 9.49. The highest BCUT2D eigenvalue weighted by Gasteiger charge is 2.18. The predicted octanol–water partition coefficient (Wildman–Crippen LogP) is 3.17. The topological polar surface area (TPSA) is 68.4 Å². The summed E-state index contributed by atoms with van der Waals surface area (Å²) < 4.78 is 1.60. The van der Waals surface area contributed by atoms with Crippen molar-refractivity contribution >= 4 is 22.6 Å². The van der Waals surface area contributed by atoms with Crippen molar-refractivity contribution in [3.63, 3.8) is 0 Å². The lowest BCUT2D eigenvalue weighted by Gasteiger charge is -2.20. The molecule has 0 aliphatic heterocycles. The number of rotatable bonds is 3. The average Bonchev–Trinajstić information content (AvgIpc) is 2.74. The third-order valence-corrected chi connectivity index (χ3v) is 3.41. The summed E-state index contributed by atoms with van der Waals surface area (Å²) in [6, 6.07) is 6.24. The molecule has 1 amide bonds. The Labute approximate surface area is 116 Å². The van der Waals surface area contributed by atoms with Crippen LogP contribution in [0.1, 0.15) is 19.5 Å². The van der Waals surface area contributed by atoms with Gasteiger partial charge in [0.25, 0.3) is 5.69 Å². The van der Waals surface area contributed by atoms with E-state index < -0.39 is 4.92 Å². The lowest BCUT2D eigenvalue weighted by atomic mass is 10.2. The van der Waals surface area contributed by atoms with Crippen LogP contribution in [0.15, 0.2) is 24.3 Å². The van der Waals surface area contributed by atoms with E-state index in [9.17, 15) is 14.9 Å². The number of aromatic nitrogens is 1. The van der Waals surface area contributed by atoms with Crippen LogP contribution < -0.4 is 0 Å². The van der Waals surface area contributed by atoms with Crippen LogP contribution >= 0.6 is 0 Å². The van der Waals surface area contributed by atoms with E-state index in [0.717, 1.165) is 5.69 Å². The van der Waals surface area contributed by atoms with Crippen molar-refractivity contribution in [1.82, 2.24) is 9.47 Å². The van der Waals surface area contributed by atoms with E-state index >= 15 is 0 Å². The maximum absolute atomic E-state index is 12.5. The van der Waals surface area contributed by atoms with Gasteiger partial charge in [-0.05, 0) is 32.9 Å². The van der Waals surface area contributed by atoms with E-state index in [1.807, 2.05) is 20.8 Å². The predicted molar refractivity (Wildman–Crippen MR) is 77.0 cm³/mol. The molecule has 20 heavy (non-hydrogen) atoms. The molecular formula is C14H17N3O3. The summed E-state index contributed by atoms with van der Waals surface area (Å²) in [5, 5.41) is 11.5. The van der Waals surface area contributed by atoms with Gasteiger partial charge in [-0.3, -0.25) is 14.7 Å². The zero-order valence-electron chi connectivity index (χ0n) is 11.8. The molecule has 0 unspecified atom stereocenters. The summed E-state index contributed by atoms with van der Waals surface area (Å²) in [4.78, 5) is 24.6. The van der Waals surface area contributed by atoms with Crippen molar-refractivity contribution in [3.8, 4) is 0 Å². The van der Waals surface area contributed by atoms with Gasteiger partial charge in [-0.25, -0.2) is 4.79 Å². The zero-order chi connectivity index (χ0) is 14.9. The van der Waals surface area contributed by atoms with Gasteiger partial charge < -0.3 is 4.90 Å². The van der Waals surface area contributed by atoms with Crippen LogP contribution in [0.3, 0.4) is 0 Å². The molecule has 0 N–H and O–H groups in total. The van der Waals surface area contributed by atoms with E-state index in [1.54, 1.807) is 21.6 Å². The monoisotopic (exact) mass is 275 g/mol. The summed E-state index contributed by atoms with van der Waals surface area (Å²) in [5.41, 5.74) is 1.51. The Morgan fingerprint density at radius 3 is 2.50 bits per heavy atom. The molecule has 0 aliphatic rings. The van der Waals surface area contributed by atoms with Crippen LogP contribution in [0.25, 0.3) is 10.9 Å². The minimum Gasteiger partial charge on any atom is -0.325 e. The number of fused-ring (bicyclic) bond motifs is 1. The van der Waals surface area contributed by atoms with Crippen LogP contribution in [0, 0.1) is 17.0 Å². The SMILES string of the molecule is CCN(CC)C(=O)n1c(C)cc2cc([N+](=O)[O-])ccc21. The second-order valence-corrected chi connectivity index (χ2v) is 4.58. The van der Waals surface area contributed by atoms with E-state index in [1.165, 1.54) is 12.1 Å². The van der Waals surface area contributed by atoms with Crippen LogP contribution in [-0.2, 0) is 0 Å². The Morgan fingerprint density at radius 2 is 1.95 bits per heavy atom. The van der Waals surface area contributed by atoms with Gasteiger partial charge in [-0.2, -0.15) is 0 Å². The molecule has 0 aliphatic carbocycles. The zero-order valence-corrected chi connectivity index (χ0v) is 11.8. The lowest BCUT2D eigenvalue weighted by Crippen LogP contribution is -2.34. The Bertz CT molecular complexity index is 672. The molecule has 2 rings (SSSR count). The lowest BCUT2D eigenvalue weighted by molar-refractivity contribution is -0.384. The number of non-ortho nitro benzene ring substituents is 1. The number of carbonyl (C=O) groups is 1. The second kappa shape index (κ2) is 5.32. The average molecular weight is 275 g/mol. The fourth-order valence-corrected chi connectivity index (χ4v) is 2.34. The molecule has 0 saturated heterocycles. The van der Waals surface area contributed by atoms with Crippen molar-refractivity contribution in [2.24, 2.45) is 0 Å². The molecule has 0 saturated carbocycles. The fraction of sp³-hybridized carbons (Fsp3) is 0.357. The fourth-order valence-electron chi connectivity index (χ4n) is 2.34. The first-order valence-corrected chi connectivity index (χ1v) is 6.55. The minimum atomic E-state index is -0.432. The summed E-state index contributed by atoms with van der Waals surface area (Å²) in [6.45, 7) is 6.93. The Balaban J connectivity index is 2.57. The number of hydrogen-bond acceptors (Lipinski definition) is 3. The quantitative estimate of drug-likeness (QED) is 0.638. The van der Waals surface area contributed by atoms with Crippen LogP contribution in [0.5, 0.6) is 0 Å². The number of hydrogen-bond donors (Lipinski definition) is 0. The van der Waals surface area contributed by atoms with Gasteiger partial charge in [-0.1, -0.05) is 0 Å². The van der Waals surface area contributed by atoms with Crippen molar-refractivity contribution in [3.05, 3.63) is 40.1 Å². The molecule has 0 bridgehead atoms. The van der Waals surface area contributed by atoms with Crippen molar-refractivity contribution < 1.29 is 9.72 Å². The number of nitro groups is 1. The van der Waals surface area contributed by atoms with E-state index in [0.29, 0.717) is 24.0 Å². The van der Waals surface area contributed by atoms with Crippen molar-refractivity contribution in [2.75, 3.05) is 13.1 Å². The molecule has 106 valence electrons. The van der Waals surface area contributed by atoms with Crippen LogP contribution in [-0.4, -0.2) is 33.5 Å². The van der Waals surface area contributed by atoms with Gasteiger partial charge in [0.05, 0.1) is 10.4 Å². The highest BCUT2D eigenvalue weighted by molar-refractivity contribution is 5.93. The summed E-state index contributed by atoms with van der Waals surface area (Å²) >= 11 is 0. The normalized spacial score (nSPS) is 10.8. The van der Waals surface area contributed by atoms with E-state index in [4.69, 9.17) is 0 Å². The van der Waals surface area contributed by atoms with Gasteiger partial charge in [0.15, 0.2) is 0 Å². The highest BCUT2D eigenvalue weighted by Crippen LogP contribution is 2.24. The van der Waals surface area contributed by atoms with Crippen molar-refractivity contribution in [2.45, 2.75) is 20.8 Å². The third kappa shape index (κ3) is 2.24. The first-order valence-electron chi connectivity index (χ1n) is 6.55. The van der Waals surface area contributed by atoms with Crippen molar-refractivity contribution in [1.29, 1.82) is 0 Å². The summed E-state index contributed by atoms with van der Waals surface area (Å²) in [7, 11) is 0. The minimum absolute atomic E-state index is 0.0324. The molecule has 6 heteroatoms. The number of aryl methyl sites for hydroxylation is 1. The first kappa shape index (κ1) is 14.0. The van der Waals surface area contributed by atoms with E-state index in [2.05, 4.69) is 0 Å². The molecular weight excluding hydrogens is 258 g/mol. The number of nitro benzene ring substituents is 1. The van der Waals surface area contributed by atoms with Gasteiger partial charge in [0.1, 0.15) is 0 Å². The Kier molecular flexibility index (Phi) is 3.74. The molecule has 0 radical (unpaired) electrons. The Hall–Kier alpha value is -2.37. The third-order valence-electron chi connectivity index (χ3n) is 3.41. The molecule has 2 aromatic rings. The smallest absolute Gasteiger partial charge is 0.325 e.